The summed E-state index contributed by atoms with van der Waals surface area (Å²) in [6.45, 7) is 7.07. The monoisotopic (exact) mass is 284 g/mol. The predicted molar refractivity (Wildman–Crippen MR) is 88.6 cm³/mol. The molecule has 1 heterocycles. The van der Waals surface area contributed by atoms with Crippen molar-refractivity contribution < 1.29 is 0 Å². The largest absolute Gasteiger partial charge is 0.370 e. The summed E-state index contributed by atoms with van der Waals surface area (Å²) in [6, 6.07) is 12.5. The standard InChI is InChI=1S/C17H24N4/c1-3-5-11-18-16-12-17(20-14-19-16)21(4-2)13-15-9-7-6-8-10-15/h6-10,12,14H,3-5,11,13H2,1-2H3,(H,18,19,20). The van der Waals surface area contributed by atoms with E-state index in [-0.39, 0.29) is 0 Å². The van der Waals surface area contributed by atoms with Crippen LogP contribution in [0, 0.1) is 0 Å². The molecule has 1 aromatic heterocycles. The summed E-state index contributed by atoms with van der Waals surface area (Å²) in [5.74, 6) is 1.87. The molecule has 0 aliphatic heterocycles. The van der Waals surface area contributed by atoms with Gasteiger partial charge in [-0.3, -0.25) is 0 Å². The van der Waals surface area contributed by atoms with Crippen molar-refractivity contribution in [3.8, 4) is 0 Å². The Morgan fingerprint density at radius 1 is 1.10 bits per heavy atom. The second kappa shape index (κ2) is 8.25. The third-order valence-corrected chi connectivity index (χ3v) is 3.41. The van der Waals surface area contributed by atoms with Crippen molar-refractivity contribution in [2.24, 2.45) is 0 Å². The molecule has 0 amide bonds. The third kappa shape index (κ3) is 4.74. The fourth-order valence-corrected chi connectivity index (χ4v) is 2.17. The minimum Gasteiger partial charge on any atom is -0.370 e. The van der Waals surface area contributed by atoms with Crippen molar-refractivity contribution in [2.45, 2.75) is 33.2 Å². The van der Waals surface area contributed by atoms with E-state index in [1.54, 1.807) is 6.33 Å². The van der Waals surface area contributed by atoms with Crippen LogP contribution in [0.25, 0.3) is 0 Å². The van der Waals surface area contributed by atoms with Crippen LogP contribution in [0.2, 0.25) is 0 Å². The molecule has 1 aromatic carbocycles. The summed E-state index contributed by atoms with van der Waals surface area (Å²) in [6.07, 6.45) is 3.97. The molecule has 0 spiro atoms. The van der Waals surface area contributed by atoms with Gasteiger partial charge in [-0.2, -0.15) is 0 Å². The number of aromatic nitrogens is 2. The lowest BCUT2D eigenvalue weighted by Gasteiger charge is -2.22. The highest BCUT2D eigenvalue weighted by molar-refractivity contribution is 5.48. The van der Waals surface area contributed by atoms with E-state index < -0.39 is 0 Å². The van der Waals surface area contributed by atoms with Gasteiger partial charge in [-0.15, -0.1) is 0 Å². The maximum atomic E-state index is 4.41. The van der Waals surface area contributed by atoms with Gasteiger partial charge in [-0.1, -0.05) is 43.7 Å². The Kier molecular flexibility index (Phi) is 6.00. The number of rotatable bonds is 8. The number of unbranched alkanes of at least 4 members (excludes halogenated alkanes) is 1. The maximum absolute atomic E-state index is 4.41. The lowest BCUT2D eigenvalue weighted by atomic mass is 10.2. The number of hydrogen-bond donors (Lipinski definition) is 1. The van der Waals surface area contributed by atoms with Crippen LogP contribution in [-0.2, 0) is 6.54 Å². The first-order valence-corrected chi connectivity index (χ1v) is 7.68. The zero-order chi connectivity index (χ0) is 14.9. The maximum Gasteiger partial charge on any atom is 0.134 e. The summed E-state index contributed by atoms with van der Waals surface area (Å²) in [4.78, 5) is 10.9. The smallest absolute Gasteiger partial charge is 0.134 e. The molecular formula is C17H24N4. The molecule has 0 radical (unpaired) electrons. The van der Waals surface area contributed by atoms with Gasteiger partial charge in [0.1, 0.15) is 18.0 Å². The molecule has 4 nitrogen and oxygen atoms in total. The Morgan fingerprint density at radius 2 is 1.90 bits per heavy atom. The van der Waals surface area contributed by atoms with Gasteiger partial charge < -0.3 is 10.2 Å². The van der Waals surface area contributed by atoms with E-state index in [1.807, 2.05) is 12.1 Å². The molecule has 1 N–H and O–H groups in total. The Hall–Kier alpha value is -2.10. The molecule has 2 aromatic rings. The molecule has 0 bridgehead atoms. The first kappa shape index (κ1) is 15.3. The molecule has 0 atom stereocenters. The first-order valence-electron chi connectivity index (χ1n) is 7.68. The number of anilines is 2. The van der Waals surface area contributed by atoms with Crippen molar-refractivity contribution in [1.82, 2.24) is 9.97 Å². The van der Waals surface area contributed by atoms with E-state index in [0.29, 0.717) is 0 Å². The average molecular weight is 284 g/mol. The van der Waals surface area contributed by atoms with E-state index in [0.717, 1.165) is 37.7 Å². The van der Waals surface area contributed by atoms with Gasteiger partial charge in [-0.05, 0) is 18.9 Å². The first-order chi connectivity index (χ1) is 10.3. The molecule has 0 saturated carbocycles. The Morgan fingerprint density at radius 3 is 2.62 bits per heavy atom. The molecule has 21 heavy (non-hydrogen) atoms. The van der Waals surface area contributed by atoms with Gasteiger partial charge in [0.2, 0.25) is 0 Å². The van der Waals surface area contributed by atoms with Gasteiger partial charge in [0.25, 0.3) is 0 Å². The summed E-state index contributed by atoms with van der Waals surface area (Å²) < 4.78 is 0. The van der Waals surface area contributed by atoms with Crippen LogP contribution in [0.1, 0.15) is 32.3 Å². The van der Waals surface area contributed by atoms with Crippen LogP contribution in [0.5, 0.6) is 0 Å². The van der Waals surface area contributed by atoms with E-state index in [9.17, 15) is 0 Å². The quantitative estimate of drug-likeness (QED) is 0.750. The van der Waals surface area contributed by atoms with Crippen LogP contribution >= 0.6 is 0 Å². The topological polar surface area (TPSA) is 41.0 Å². The normalized spacial score (nSPS) is 10.4. The Balaban J connectivity index is 2.05. The van der Waals surface area contributed by atoms with Crippen LogP contribution < -0.4 is 10.2 Å². The number of benzene rings is 1. The van der Waals surface area contributed by atoms with E-state index in [2.05, 4.69) is 58.3 Å². The number of hydrogen-bond acceptors (Lipinski definition) is 4. The predicted octanol–water partition coefficient (Wildman–Crippen LogP) is 3.72. The Labute approximate surface area is 127 Å². The summed E-state index contributed by atoms with van der Waals surface area (Å²) in [7, 11) is 0. The fraction of sp³-hybridized carbons (Fsp3) is 0.412. The highest BCUT2D eigenvalue weighted by atomic mass is 15.2. The van der Waals surface area contributed by atoms with Crippen molar-refractivity contribution >= 4 is 11.6 Å². The average Bonchev–Trinajstić information content (AvgIpc) is 2.54. The van der Waals surface area contributed by atoms with Crippen molar-refractivity contribution in [1.29, 1.82) is 0 Å². The molecule has 112 valence electrons. The molecule has 0 fully saturated rings. The molecule has 4 heteroatoms. The zero-order valence-corrected chi connectivity index (χ0v) is 12.9. The lowest BCUT2D eigenvalue weighted by Crippen LogP contribution is -2.23. The van der Waals surface area contributed by atoms with Gasteiger partial charge in [0, 0.05) is 25.7 Å². The SMILES string of the molecule is CCCCNc1cc(N(CC)Cc2ccccc2)ncn1. The number of nitrogens with zero attached hydrogens (tertiary/aromatic N) is 3. The third-order valence-electron chi connectivity index (χ3n) is 3.41. The van der Waals surface area contributed by atoms with Gasteiger partial charge in [0.05, 0.1) is 0 Å². The highest BCUT2D eigenvalue weighted by Crippen LogP contribution is 2.16. The molecule has 0 aliphatic rings. The van der Waals surface area contributed by atoms with Crippen molar-refractivity contribution in [3.05, 3.63) is 48.3 Å². The van der Waals surface area contributed by atoms with Gasteiger partial charge in [-0.25, -0.2) is 9.97 Å². The fourth-order valence-electron chi connectivity index (χ4n) is 2.17. The van der Waals surface area contributed by atoms with E-state index in [1.165, 1.54) is 12.0 Å². The zero-order valence-electron chi connectivity index (χ0n) is 12.9. The summed E-state index contributed by atoms with van der Waals surface area (Å²) >= 11 is 0. The molecular weight excluding hydrogens is 260 g/mol. The highest BCUT2D eigenvalue weighted by Gasteiger charge is 2.08. The summed E-state index contributed by atoms with van der Waals surface area (Å²) in [5, 5.41) is 3.35. The van der Waals surface area contributed by atoms with Crippen LogP contribution in [-0.4, -0.2) is 23.1 Å². The van der Waals surface area contributed by atoms with Crippen molar-refractivity contribution in [2.75, 3.05) is 23.3 Å². The van der Waals surface area contributed by atoms with Gasteiger partial charge >= 0.3 is 0 Å². The minimum atomic E-state index is 0.864. The number of nitrogens with one attached hydrogen (secondary N) is 1. The van der Waals surface area contributed by atoms with Gasteiger partial charge in [0.15, 0.2) is 0 Å². The van der Waals surface area contributed by atoms with Crippen LogP contribution in [0.3, 0.4) is 0 Å². The molecule has 0 saturated heterocycles. The Bertz CT molecular complexity index is 527. The lowest BCUT2D eigenvalue weighted by molar-refractivity contribution is 0.806. The second-order valence-electron chi connectivity index (χ2n) is 5.04. The van der Waals surface area contributed by atoms with Crippen LogP contribution in [0.15, 0.2) is 42.7 Å². The molecule has 0 unspecified atom stereocenters. The molecule has 2 rings (SSSR count). The van der Waals surface area contributed by atoms with Crippen LogP contribution in [0.4, 0.5) is 11.6 Å². The summed E-state index contributed by atoms with van der Waals surface area (Å²) in [5.41, 5.74) is 1.29. The second-order valence-corrected chi connectivity index (χ2v) is 5.04. The minimum absolute atomic E-state index is 0.864. The molecule has 0 aliphatic carbocycles. The van der Waals surface area contributed by atoms with E-state index >= 15 is 0 Å². The van der Waals surface area contributed by atoms with Crippen molar-refractivity contribution in [3.63, 3.8) is 0 Å². The van der Waals surface area contributed by atoms with E-state index in [4.69, 9.17) is 0 Å².